The highest BCUT2D eigenvalue weighted by atomic mass is 31.1. The number of para-hydroxylation sites is 2. The minimum absolute atomic E-state index is 0.723. The quantitative estimate of drug-likeness (QED) is 0.366. The molecule has 0 bridgehead atoms. The van der Waals surface area contributed by atoms with Crippen LogP contribution in [0, 0.1) is 0 Å². The first-order valence-corrected chi connectivity index (χ1v) is 11.9. The molecule has 0 saturated carbocycles. The van der Waals surface area contributed by atoms with Crippen LogP contribution in [0.3, 0.4) is 0 Å². The monoisotopic (exact) mass is 390 g/mol. The summed E-state index contributed by atoms with van der Waals surface area (Å²) in [6, 6.07) is 16.8. The highest BCUT2D eigenvalue weighted by molar-refractivity contribution is 7.43. The maximum atomic E-state index is 5.47. The van der Waals surface area contributed by atoms with E-state index in [1.54, 1.807) is 14.2 Å². The van der Waals surface area contributed by atoms with Gasteiger partial charge in [0.15, 0.2) is 0 Å². The Morgan fingerprint density at radius 2 is 1.08 bits per heavy atom. The molecule has 0 spiro atoms. The van der Waals surface area contributed by atoms with Gasteiger partial charge in [0, 0.05) is 0 Å². The van der Waals surface area contributed by atoms with Crippen molar-refractivity contribution in [2.24, 2.45) is 0 Å². The van der Waals surface area contributed by atoms with Crippen LogP contribution < -0.4 is 9.47 Å². The Morgan fingerprint density at radius 1 is 0.692 bits per heavy atom. The lowest BCUT2D eigenvalue weighted by molar-refractivity contribution is 0.409. The van der Waals surface area contributed by atoms with E-state index in [9.17, 15) is 0 Å². The Morgan fingerprint density at radius 3 is 1.46 bits per heavy atom. The van der Waals surface area contributed by atoms with Crippen molar-refractivity contribution in [1.29, 1.82) is 0 Å². The zero-order valence-corrected chi connectivity index (χ0v) is 18.4. The third-order valence-electron chi connectivity index (χ3n) is 4.55. The van der Waals surface area contributed by atoms with E-state index in [1.807, 2.05) is 12.1 Å². The lowest BCUT2D eigenvalue weighted by Gasteiger charge is -2.16. The molecule has 2 rings (SSSR count). The molecule has 0 fully saturated rings. The first-order chi connectivity index (χ1) is 12.6. The lowest BCUT2D eigenvalue weighted by Crippen LogP contribution is -2.05. The summed E-state index contributed by atoms with van der Waals surface area (Å²) in [7, 11) is 5.56. The van der Waals surface area contributed by atoms with E-state index in [0.29, 0.717) is 0 Å². The van der Waals surface area contributed by atoms with Crippen LogP contribution in [0.1, 0.15) is 25.0 Å². The largest absolute Gasteiger partial charge is 0.496 e. The minimum Gasteiger partial charge on any atom is -0.496 e. The van der Waals surface area contributed by atoms with Gasteiger partial charge in [0.25, 0.3) is 0 Å². The van der Waals surface area contributed by atoms with E-state index in [4.69, 9.17) is 9.47 Å². The fourth-order valence-corrected chi connectivity index (χ4v) is 6.05. The summed E-state index contributed by atoms with van der Waals surface area (Å²) in [6.45, 7) is 4.73. The molecule has 2 aromatic rings. The topological polar surface area (TPSA) is 18.5 Å². The molecule has 0 amide bonds. The molecule has 0 aliphatic rings. The van der Waals surface area contributed by atoms with Crippen LogP contribution in [-0.4, -0.2) is 37.9 Å². The summed E-state index contributed by atoms with van der Waals surface area (Å²) in [5.74, 6) is 2.05. The number of ether oxygens (including phenoxy) is 2. The van der Waals surface area contributed by atoms with E-state index in [0.717, 1.165) is 52.8 Å². The van der Waals surface area contributed by atoms with Gasteiger partial charge < -0.3 is 9.47 Å². The van der Waals surface area contributed by atoms with Crippen molar-refractivity contribution in [3.63, 3.8) is 0 Å². The van der Waals surface area contributed by atoms with Crippen LogP contribution in [0.25, 0.3) is 0 Å². The summed E-state index contributed by atoms with van der Waals surface area (Å²) in [5.41, 5.74) is 4.12. The second kappa shape index (κ2) is 11.6. The molecule has 0 saturated heterocycles. The molecule has 4 heteroatoms. The molecule has 2 nitrogen and oxygen atoms in total. The molecule has 0 heterocycles. The standard InChI is InChI=1S/C22H32O2P2/c1-17(15-19-9-5-7-11-21(19)23-3)25-13-14-26-18(2)16-20-10-6-8-12-22(20)24-4/h5-12,17-18,25-26H,13-16H2,1-4H3. The lowest BCUT2D eigenvalue weighted by atomic mass is 10.1. The average molecular weight is 390 g/mol. The highest BCUT2D eigenvalue weighted by Gasteiger charge is 2.10. The van der Waals surface area contributed by atoms with Crippen LogP contribution in [0.15, 0.2) is 48.5 Å². The van der Waals surface area contributed by atoms with Crippen LogP contribution in [0.4, 0.5) is 0 Å². The second-order valence-corrected chi connectivity index (χ2v) is 10.5. The van der Waals surface area contributed by atoms with Crippen molar-refractivity contribution in [3.05, 3.63) is 59.7 Å². The van der Waals surface area contributed by atoms with Gasteiger partial charge in [-0.2, -0.15) is 0 Å². The summed E-state index contributed by atoms with van der Waals surface area (Å²) in [6.07, 6.45) is 4.90. The van der Waals surface area contributed by atoms with Gasteiger partial charge in [0.1, 0.15) is 11.5 Å². The zero-order chi connectivity index (χ0) is 18.8. The number of methoxy groups -OCH3 is 2. The van der Waals surface area contributed by atoms with E-state index in [-0.39, 0.29) is 0 Å². The smallest absolute Gasteiger partial charge is 0.122 e. The van der Waals surface area contributed by atoms with Gasteiger partial charge in [0.05, 0.1) is 14.2 Å². The Labute approximate surface area is 162 Å². The van der Waals surface area contributed by atoms with Crippen molar-refractivity contribution in [3.8, 4) is 11.5 Å². The fourth-order valence-electron chi connectivity index (χ4n) is 3.18. The van der Waals surface area contributed by atoms with E-state index in [1.165, 1.54) is 23.5 Å². The van der Waals surface area contributed by atoms with Gasteiger partial charge in [-0.05, 0) is 59.7 Å². The molecule has 4 unspecified atom stereocenters. The predicted octanol–water partition coefficient (Wildman–Crippen LogP) is 5.62. The average Bonchev–Trinajstić information content (AvgIpc) is 2.66. The Bertz CT molecular complexity index is 603. The molecular formula is C22H32O2P2. The molecule has 0 aliphatic carbocycles. The van der Waals surface area contributed by atoms with Crippen LogP contribution in [-0.2, 0) is 12.8 Å². The molecule has 26 heavy (non-hydrogen) atoms. The van der Waals surface area contributed by atoms with E-state index in [2.05, 4.69) is 50.2 Å². The van der Waals surface area contributed by atoms with E-state index >= 15 is 0 Å². The molecule has 4 atom stereocenters. The molecule has 2 aromatic carbocycles. The minimum atomic E-state index is 0.723. The molecule has 0 N–H and O–H groups in total. The van der Waals surface area contributed by atoms with Gasteiger partial charge >= 0.3 is 0 Å². The van der Waals surface area contributed by atoms with Gasteiger partial charge in [-0.3, -0.25) is 0 Å². The number of rotatable bonds is 11. The maximum absolute atomic E-state index is 5.47. The van der Waals surface area contributed by atoms with Crippen molar-refractivity contribution >= 4 is 17.2 Å². The predicted molar refractivity (Wildman–Crippen MR) is 119 cm³/mol. The Hall–Kier alpha value is -1.10. The van der Waals surface area contributed by atoms with Gasteiger partial charge in [-0.1, -0.05) is 50.2 Å². The SMILES string of the molecule is COc1ccccc1CC(C)PCCPC(C)Cc1ccccc1OC. The zero-order valence-electron chi connectivity index (χ0n) is 16.4. The van der Waals surface area contributed by atoms with Crippen molar-refractivity contribution in [1.82, 2.24) is 0 Å². The molecular weight excluding hydrogens is 358 g/mol. The summed E-state index contributed by atoms with van der Waals surface area (Å²) < 4.78 is 10.9. The number of hydrogen-bond donors (Lipinski definition) is 0. The fraction of sp³-hybridized carbons (Fsp3) is 0.455. The van der Waals surface area contributed by atoms with E-state index < -0.39 is 0 Å². The van der Waals surface area contributed by atoms with Gasteiger partial charge in [-0.25, -0.2) is 0 Å². The molecule has 0 aromatic heterocycles. The van der Waals surface area contributed by atoms with Gasteiger partial charge in [-0.15, -0.1) is 17.2 Å². The summed E-state index contributed by atoms with van der Waals surface area (Å²) in [4.78, 5) is 0. The number of hydrogen-bond acceptors (Lipinski definition) is 2. The normalized spacial score (nSPS) is 14.2. The molecule has 142 valence electrons. The number of benzene rings is 2. The van der Waals surface area contributed by atoms with Crippen molar-refractivity contribution in [2.45, 2.75) is 38.0 Å². The van der Waals surface area contributed by atoms with Gasteiger partial charge in [0.2, 0.25) is 0 Å². The third kappa shape index (κ3) is 6.90. The van der Waals surface area contributed by atoms with Crippen LogP contribution in [0.2, 0.25) is 0 Å². The van der Waals surface area contributed by atoms with Crippen molar-refractivity contribution < 1.29 is 9.47 Å². The highest BCUT2D eigenvalue weighted by Crippen LogP contribution is 2.31. The maximum Gasteiger partial charge on any atom is 0.122 e. The molecule has 0 aliphatic heterocycles. The first-order valence-electron chi connectivity index (χ1n) is 9.34. The Kier molecular flexibility index (Phi) is 9.44. The van der Waals surface area contributed by atoms with Crippen LogP contribution in [0.5, 0.6) is 11.5 Å². The molecule has 0 radical (unpaired) electrons. The second-order valence-electron chi connectivity index (χ2n) is 6.74. The Balaban J connectivity index is 1.69. The first kappa shape index (κ1) is 21.2. The summed E-state index contributed by atoms with van der Waals surface area (Å²) in [5, 5.41) is 0. The van der Waals surface area contributed by atoms with Crippen molar-refractivity contribution in [2.75, 3.05) is 26.5 Å². The third-order valence-corrected chi connectivity index (χ3v) is 7.93. The van der Waals surface area contributed by atoms with Crippen LogP contribution >= 0.6 is 17.2 Å². The summed E-state index contributed by atoms with van der Waals surface area (Å²) >= 11 is 0.